The first-order valence-electron chi connectivity index (χ1n) is 12.7. The molecule has 0 saturated carbocycles. The van der Waals surface area contributed by atoms with Gasteiger partial charge in [0.1, 0.15) is 0 Å². The number of carboxylic acid groups (broad SMARTS) is 1. The van der Waals surface area contributed by atoms with Gasteiger partial charge in [-0.1, -0.05) is 72.8 Å². The second-order valence-corrected chi connectivity index (χ2v) is 11.6. The third-order valence-electron chi connectivity index (χ3n) is 6.39. The van der Waals surface area contributed by atoms with E-state index in [0.717, 1.165) is 11.1 Å². The lowest BCUT2D eigenvalue weighted by molar-refractivity contribution is -0.137. The number of nitrogens with two attached hydrogens (primary N) is 1. The van der Waals surface area contributed by atoms with Gasteiger partial charge in [0.2, 0.25) is 10.0 Å². The van der Waals surface area contributed by atoms with Gasteiger partial charge in [0.25, 0.3) is 0 Å². The van der Waals surface area contributed by atoms with Crippen LogP contribution in [0.5, 0.6) is 0 Å². The Hall–Kier alpha value is -4.06. The Kier molecular flexibility index (Phi) is 9.65. The van der Waals surface area contributed by atoms with E-state index in [4.69, 9.17) is 10.2 Å². The van der Waals surface area contributed by atoms with Gasteiger partial charge in [-0.05, 0) is 36.1 Å². The highest BCUT2D eigenvalue weighted by Gasteiger charge is 2.20. The van der Waals surface area contributed by atoms with E-state index in [1.54, 1.807) is 22.4 Å². The maximum Gasteiger partial charge on any atom is 0.323 e. The Balaban J connectivity index is 1.48. The number of benzene rings is 3. The van der Waals surface area contributed by atoms with Gasteiger partial charge in [-0.25, -0.2) is 23.3 Å². The first-order chi connectivity index (χ1) is 19.2. The van der Waals surface area contributed by atoms with Crippen LogP contribution in [0.3, 0.4) is 0 Å². The third-order valence-corrected chi connectivity index (χ3v) is 8.08. The molecule has 0 unspecified atom stereocenters. The van der Waals surface area contributed by atoms with Gasteiger partial charge in [-0.3, -0.25) is 10.1 Å². The molecule has 3 aromatic carbocycles. The average molecular weight is 579 g/mol. The number of carbonyl (C=O) groups excluding carboxylic acids is 1. The molecule has 40 heavy (non-hydrogen) atoms. The number of nitrogens with one attached hydrogen (secondary N) is 1. The van der Waals surface area contributed by atoms with Crippen LogP contribution in [-0.2, 0) is 14.8 Å². The summed E-state index contributed by atoms with van der Waals surface area (Å²) in [5.41, 5.74) is 3.53. The smallest absolute Gasteiger partial charge is 0.323 e. The number of anilines is 1. The van der Waals surface area contributed by atoms with Crippen LogP contribution < -0.4 is 10.5 Å². The Labute approximate surface area is 237 Å². The summed E-state index contributed by atoms with van der Waals surface area (Å²) < 4.78 is 23.0. The number of hydrogen-bond donors (Lipinski definition) is 3. The van der Waals surface area contributed by atoms with Crippen molar-refractivity contribution in [1.29, 1.82) is 0 Å². The number of aliphatic carboxylic acids is 1. The molecule has 0 atom stereocenters. The largest absolute Gasteiger partial charge is 0.481 e. The number of carboxylic acids is 1. The first kappa shape index (κ1) is 28.9. The summed E-state index contributed by atoms with van der Waals surface area (Å²) in [6.45, 7) is 0.689. The zero-order chi connectivity index (χ0) is 28.5. The van der Waals surface area contributed by atoms with Crippen LogP contribution in [-0.4, -0.2) is 48.5 Å². The summed E-state index contributed by atoms with van der Waals surface area (Å²) in [7, 11) is -3.80. The Bertz CT molecular complexity index is 1490. The minimum Gasteiger partial charge on any atom is -0.481 e. The summed E-state index contributed by atoms with van der Waals surface area (Å²) in [4.78, 5) is 30.6. The molecule has 9 nitrogen and oxygen atoms in total. The molecule has 2 amide bonds. The number of urea groups is 1. The predicted molar refractivity (Wildman–Crippen MR) is 156 cm³/mol. The van der Waals surface area contributed by atoms with E-state index in [2.05, 4.69) is 34.6 Å². The molecule has 4 aromatic rings. The van der Waals surface area contributed by atoms with Gasteiger partial charge >= 0.3 is 12.0 Å². The lowest BCUT2D eigenvalue weighted by Gasteiger charge is -2.26. The van der Waals surface area contributed by atoms with Gasteiger partial charge in [-0.2, -0.15) is 0 Å². The molecule has 0 aliphatic rings. The van der Waals surface area contributed by atoms with E-state index in [9.17, 15) is 18.0 Å². The Morgan fingerprint density at radius 3 is 2.08 bits per heavy atom. The van der Waals surface area contributed by atoms with Crippen molar-refractivity contribution >= 4 is 38.5 Å². The average Bonchev–Trinajstić information content (AvgIpc) is 3.41. The zero-order valence-electron chi connectivity index (χ0n) is 21.6. The summed E-state index contributed by atoms with van der Waals surface area (Å²) in [5.74, 6) is -0.853. The number of thiazole rings is 1. The number of aromatic nitrogens is 1. The minimum atomic E-state index is -3.80. The maximum atomic E-state index is 13.3. The fourth-order valence-corrected chi connectivity index (χ4v) is 5.59. The number of nitrogens with zero attached hydrogens (tertiary/aromatic N) is 2. The summed E-state index contributed by atoms with van der Waals surface area (Å²) in [6, 6.07) is 25.8. The van der Waals surface area contributed by atoms with E-state index >= 15 is 0 Å². The lowest BCUT2D eigenvalue weighted by atomic mass is 9.88. The van der Waals surface area contributed by atoms with Crippen LogP contribution in [0.25, 0.3) is 11.3 Å². The van der Waals surface area contributed by atoms with E-state index in [1.807, 2.05) is 36.4 Å². The van der Waals surface area contributed by atoms with Crippen LogP contribution in [0.2, 0.25) is 0 Å². The fraction of sp³-hybridized carbons (Fsp3) is 0.207. The van der Waals surface area contributed by atoms with Crippen LogP contribution in [0.1, 0.15) is 36.3 Å². The number of primary sulfonamides is 1. The van der Waals surface area contributed by atoms with Crippen molar-refractivity contribution in [2.75, 3.05) is 18.4 Å². The normalized spacial score (nSPS) is 11.3. The molecule has 0 saturated heterocycles. The van der Waals surface area contributed by atoms with Crippen molar-refractivity contribution in [3.8, 4) is 11.3 Å². The zero-order valence-corrected chi connectivity index (χ0v) is 23.3. The molecular weight excluding hydrogens is 548 g/mol. The highest BCUT2D eigenvalue weighted by atomic mass is 32.2. The second-order valence-electron chi connectivity index (χ2n) is 9.18. The number of carbonyl (C=O) groups is 2. The third kappa shape index (κ3) is 7.98. The predicted octanol–water partition coefficient (Wildman–Crippen LogP) is 5.38. The molecule has 0 fully saturated rings. The maximum absolute atomic E-state index is 13.3. The van der Waals surface area contributed by atoms with Crippen molar-refractivity contribution in [3.63, 3.8) is 0 Å². The molecular formula is C29H30N4O5S2. The van der Waals surface area contributed by atoms with Crippen LogP contribution in [0.15, 0.2) is 95.2 Å². The van der Waals surface area contributed by atoms with Gasteiger partial charge in [0.05, 0.1) is 10.6 Å². The van der Waals surface area contributed by atoms with Crippen molar-refractivity contribution in [3.05, 3.63) is 101 Å². The molecule has 208 valence electrons. The molecule has 0 aliphatic heterocycles. The molecule has 0 spiro atoms. The lowest BCUT2D eigenvalue weighted by Crippen LogP contribution is -2.37. The monoisotopic (exact) mass is 578 g/mol. The second kappa shape index (κ2) is 13.3. The van der Waals surface area contributed by atoms with Crippen molar-refractivity contribution < 1.29 is 23.1 Å². The molecule has 4 N–H and O–H groups in total. The Morgan fingerprint density at radius 1 is 0.925 bits per heavy atom. The Morgan fingerprint density at radius 2 is 1.52 bits per heavy atom. The molecule has 4 rings (SSSR count). The van der Waals surface area contributed by atoms with Gasteiger partial charge in [0.15, 0.2) is 5.13 Å². The van der Waals surface area contributed by atoms with Crippen molar-refractivity contribution in [2.45, 2.75) is 30.1 Å². The quantitative estimate of drug-likeness (QED) is 0.206. The molecule has 1 aromatic heterocycles. The van der Waals surface area contributed by atoms with Crippen molar-refractivity contribution in [2.24, 2.45) is 5.14 Å². The number of amides is 2. The van der Waals surface area contributed by atoms with Gasteiger partial charge in [-0.15, -0.1) is 11.3 Å². The summed E-state index contributed by atoms with van der Waals surface area (Å²) in [6.07, 6.45) is 0.929. The fourth-order valence-electron chi connectivity index (χ4n) is 4.37. The first-order valence-corrected chi connectivity index (χ1v) is 15.1. The van der Waals surface area contributed by atoms with E-state index in [-0.39, 0.29) is 29.8 Å². The highest BCUT2D eigenvalue weighted by molar-refractivity contribution is 7.89. The van der Waals surface area contributed by atoms with Crippen molar-refractivity contribution in [1.82, 2.24) is 9.88 Å². The number of rotatable bonds is 12. The molecule has 0 bridgehead atoms. The standard InChI is InChI=1S/C29H30N4O5S2/c30-40(37,38)24-15-13-23(14-16-24)26-20-39-28(31-26)32-29(36)33(18-7-12-27(34)35)19-17-25(21-8-3-1-4-9-21)22-10-5-2-6-11-22/h1-6,8-11,13-16,20,25H,7,12,17-19H2,(H,34,35)(H2,30,37,38)(H,31,32,36). The SMILES string of the molecule is NS(=O)(=O)c1ccc(-c2csc(NC(=O)N(CCCC(=O)O)CCC(c3ccccc3)c3ccccc3)n2)cc1. The molecule has 0 aliphatic carbocycles. The molecule has 0 radical (unpaired) electrons. The van der Waals surface area contributed by atoms with E-state index < -0.39 is 16.0 Å². The van der Waals surface area contributed by atoms with Crippen LogP contribution in [0, 0.1) is 0 Å². The number of hydrogen-bond acceptors (Lipinski definition) is 6. The van der Waals surface area contributed by atoms with E-state index in [1.165, 1.54) is 23.5 Å². The highest BCUT2D eigenvalue weighted by Crippen LogP contribution is 2.29. The summed E-state index contributed by atoms with van der Waals surface area (Å²) >= 11 is 1.24. The van der Waals surface area contributed by atoms with Crippen LogP contribution in [0.4, 0.5) is 9.93 Å². The van der Waals surface area contributed by atoms with Gasteiger partial charge in [0, 0.05) is 36.4 Å². The topological polar surface area (TPSA) is 143 Å². The minimum absolute atomic E-state index is 0.00122. The van der Waals surface area contributed by atoms with Crippen LogP contribution >= 0.6 is 11.3 Å². The van der Waals surface area contributed by atoms with Gasteiger partial charge < -0.3 is 10.0 Å². The molecule has 11 heteroatoms. The molecule has 1 heterocycles. The number of sulfonamides is 1. The summed E-state index contributed by atoms with van der Waals surface area (Å²) in [5, 5.41) is 19.3. The van der Waals surface area contributed by atoms with E-state index in [0.29, 0.717) is 35.8 Å².